The van der Waals surface area contributed by atoms with Gasteiger partial charge >= 0.3 is 5.97 Å². The molecule has 0 saturated carbocycles. The van der Waals surface area contributed by atoms with Crippen LogP contribution in [0.2, 0.25) is 0 Å². The van der Waals surface area contributed by atoms with Crippen molar-refractivity contribution in [1.29, 1.82) is 0 Å². The van der Waals surface area contributed by atoms with Crippen molar-refractivity contribution in [2.45, 2.75) is 26.4 Å². The molecule has 2 aromatic rings. The Morgan fingerprint density at radius 1 is 1.33 bits per heavy atom. The third-order valence-electron chi connectivity index (χ3n) is 3.20. The Bertz CT molecular complexity index is 615. The molecule has 1 aromatic heterocycles. The number of carbonyl (C=O) groups excluding carboxylic acids is 2. The Morgan fingerprint density at radius 3 is 2.67 bits per heavy atom. The van der Waals surface area contributed by atoms with Crippen LogP contribution in [0.15, 0.2) is 30.5 Å². The summed E-state index contributed by atoms with van der Waals surface area (Å²) in [5.41, 5.74) is 0.832. The molecule has 0 fully saturated rings. The lowest BCUT2D eigenvalue weighted by Crippen LogP contribution is -2.46. The van der Waals surface area contributed by atoms with Crippen molar-refractivity contribution >= 4 is 22.8 Å². The van der Waals surface area contributed by atoms with Gasteiger partial charge in [0.15, 0.2) is 0 Å². The van der Waals surface area contributed by atoms with Crippen LogP contribution in [0.3, 0.4) is 0 Å². The predicted molar refractivity (Wildman–Crippen MR) is 78.5 cm³/mol. The fourth-order valence-corrected chi connectivity index (χ4v) is 2.09. The Labute approximate surface area is 123 Å². The van der Waals surface area contributed by atoms with Gasteiger partial charge in [-0.3, -0.25) is 9.48 Å². The molecule has 1 amide bonds. The Hall–Kier alpha value is -2.37. The van der Waals surface area contributed by atoms with E-state index in [0.29, 0.717) is 0 Å². The highest BCUT2D eigenvalue weighted by Gasteiger charge is 2.24. The maximum Gasteiger partial charge on any atom is 0.328 e. The van der Waals surface area contributed by atoms with E-state index in [-0.39, 0.29) is 18.4 Å². The Balaban J connectivity index is 2.05. The number of hydrogen-bond donors (Lipinski definition) is 1. The van der Waals surface area contributed by atoms with Crippen LogP contribution < -0.4 is 5.32 Å². The molecule has 0 radical (unpaired) electrons. The molecule has 0 aliphatic carbocycles. The number of fused-ring (bicyclic) bond motifs is 1. The quantitative estimate of drug-likeness (QED) is 0.843. The van der Waals surface area contributed by atoms with Gasteiger partial charge in [-0.05, 0) is 12.0 Å². The van der Waals surface area contributed by atoms with Crippen molar-refractivity contribution in [3.05, 3.63) is 30.5 Å². The minimum atomic E-state index is -0.646. The molecule has 0 aliphatic rings. The molecule has 1 heterocycles. The molecule has 0 spiro atoms. The molecule has 0 saturated heterocycles. The zero-order valence-corrected chi connectivity index (χ0v) is 12.4. The third kappa shape index (κ3) is 3.59. The smallest absolute Gasteiger partial charge is 0.328 e. The van der Waals surface area contributed by atoms with Crippen LogP contribution in [-0.4, -0.2) is 34.8 Å². The van der Waals surface area contributed by atoms with E-state index in [1.165, 1.54) is 7.11 Å². The van der Waals surface area contributed by atoms with Crippen LogP contribution >= 0.6 is 0 Å². The first-order valence-corrected chi connectivity index (χ1v) is 6.80. The van der Waals surface area contributed by atoms with Crippen molar-refractivity contribution in [1.82, 2.24) is 15.1 Å². The average Bonchev–Trinajstić information content (AvgIpc) is 2.85. The molecule has 6 nitrogen and oxygen atoms in total. The van der Waals surface area contributed by atoms with Crippen LogP contribution in [0.5, 0.6) is 0 Å². The lowest BCUT2D eigenvalue weighted by molar-refractivity contribution is -0.146. The second kappa shape index (κ2) is 6.39. The van der Waals surface area contributed by atoms with Crippen LogP contribution in [-0.2, 0) is 20.9 Å². The van der Waals surface area contributed by atoms with E-state index in [2.05, 4.69) is 10.4 Å². The first kappa shape index (κ1) is 15.0. The minimum absolute atomic E-state index is 0.0434. The zero-order valence-electron chi connectivity index (χ0n) is 12.4. The van der Waals surface area contributed by atoms with Crippen LogP contribution in [0.1, 0.15) is 13.8 Å². The standard InChI is InChI=1S/C15H19N3O3/c1-10(2)14(15(20)21-3)16-13(19)9-18-8-11-6-4-5-7-12(11)17-18/h4-8,10,14H,9H2,1-3H3,(H,16,19)/t14-/m0/s1. The highest BCUT2D eigenvalue weighted by Crippen LogP contribution is 2.10. The van der Waals surface area contributed by atoms with E-state index in [1.807, 2.05) is 38.1 Å². The van der Waals surface area contributed by atoms with E-state index >= 15 is 0 Å². The van der Waals surface area contributed by atoms with Crippen LogP contribution in [0.25, 0.3) is 10.9 Å². The summed E-state index contributed by atoms with van der Waals surface area (Å²) in [6.07, 6.45) is 1.80. The molecule has 1 atom stereocenters. The zero-order chi connectivity index (χ0) is 15.4. The lowest BCUT2D eigenvalue weighted by atomic mass is 10.0. The summed E-state index contributed by atoms with van der Waals surface area (Å²) in [6.45, 7) is 3.77. The lowest BCUT2D eigenvalue weighted by Gasteiger charge is -2.19. The average molecular weight is 289 g/mol. The van der Waals surface area contributed by atoms with E-state index in [9.17, 15) is 9.59 Å². The van der Waals surface area contributed by atoms with Gasteiger partial charge in [-0.15, -0.1) is 0 Å². The highest BCUT2D eigenvalue weighted by atomic mass is 16.5. The SMILES string of the molecule is COC(=O)[C@@H](NC(=O)Cn1cc2ccccc2n1)C(C)C. The second-order valence-corrected chi connectivity index (χ2v) is 5.20. The summed E-state index contributed by atoms with van der Waals surface area (Å²) in [7, 11) is 1.31. The van der Waals surface area contributed by atoms with Gasteiger partial charge in [-0.25, -0.2) is 4.79 Å². The number of aromatic nitrogens is 2. The van der Waals surface area contributed by atoms with Gasteiger partial charge in [0.25, 0.3) is 0 Å². The summed E-state index contributed by atoms with van der Waals surface area (Å²) in [5.74, 6) is -0.756. The maximum absolute atomic E-state index is 12.0. The van der Waals surface area contributed by atoms with Gasteiger partial charge in [-0.1, -0.05) is 32.0 Å². The van der Waals surface area contributed by atoms with Gasteiger partial charge in [0.1, 0.15) is 12.6 Å². The molecule has 1 aromatic carbocycles. The second-order valence-electron chi connectivity index (χ2n) is 5.20. The summed E-state index contributed by atoms with van der Waals surface area (Å²) in [6, 6.07) is 6.98. The third-order valence-corrected chi connectivity index (χ3v) is 3.20. The van der Waals surface area contributed by atoms with Gasteiger partial charge in [0.2, 0.25) is 5.91 Å². The Morgan fingerprint density at radius 2 is 2.05 bits per heavy atom. The van der Waals surface area contributed by atoms with Crippen LogP contribution in [0.4, 0.5) is 0 Å². The van der Waals surface area contributed by atoms with Crippen molar-refractivity contribution in [3.63, 3.8) is 0 Å². The molecule has 1 N–H and O–H groups in total. The topological polar surface area (TPSA) is 73.2 Å². The number of benzene rings is 1. The van der Waals surface area contributed by atoms with Gasteiger partial charge in [-0.2, -0.15) is 5.10 Å². The first-order chi connectivity index (χ1) is 10.0. The molecule has 6 heteroatoms. The number of methoxy groups -OCH3 is 1. The van der Waals surface area contributed by atoms with Crippen LogP contribution in [0, 0.1) is 5.92 Å². The normalized spacial score (nSPS) is 12.4. The summed E-state index contributed by atoms with van der Waals surface area (Å²) in [5, 5.41) is 7.97. The van der Waals surface area contributed by atoms with E-state index < -0.39 is 12.0 Å². The molecular formula is C15H19N3O3. The number of rotatable bonds is 5. The van der Waals surface area contributed by atoms with Crippen molar-refractivity contribution in [3.8, 4) is 0 Å². The molecule has 0 bridgehead atoms. The molecule has 112 valence electrons. The molecule has 0 unspecified atom stereocenters. The molecular weight excluding hydrogens is 270 g/mol. The molecule has 21 heavy (non-hydrogen) atoms. The van der Waals surface area contributed by atoms with E-state index in [0.717, 1.165) is 10.9 Å². The largest absolute Gasteiger partial charge is 0.467 e. The number of ether oxygens (including phenoxy) is 1. The van der Waals surface area contributed by atoms with E-state index in [4.69, 9.17) is 4.74 Å². The monoisotopic (exact) mass is 289 g/mol. The number of nitrogens with zero attached hydrogens (tertiary/aromatic N) is 2. The maximum atomic E-state index is 12.0. The summed E-state index contributed by atoms with van der Waals surface area (Å²) < 4.78 is 6.26. The summed E-state index contributed by atoms with van der Waals surface area (Å²) >= 11 is 0. The number of carbonyl (C=O) groups is 2. The number of hydrogen-bond acceptors (Lipinski definition) is 4. The molecule has 2 rings (SSSR count). The van der Waals surface area contributed by atoms with Gasteiger partial charge in [0, 0.05) is 11.6 Å². The molecule has 0 aliphatic heterocycles. The number of amides is 1. The van der Waals surface area contributed by atoms with Gasteiger partial charge < -0.3 is 10.1 Å². The number of esters is 1. The minimum Gasteiger partial charge on any atom is -0.467 e. The fraction of sp³-hybridized carbons (Fsp3) is 0.400. The van der Waals surface area contributed by atoms with Crippen molar-refractivity contribution in [2.24, 2.45) is 5.92 Å². The van der Waals surface area contributed by atoms with Crippen molar-refractivity contribution in [2.75, 3.05) is 7.11 Å². The Kier molecular flexibility index (Phi) is 4.57. The highest BCUT2D eigenvalue weighted by molar-refractivity contribution is 5.85. The fourth-order valence-electron chi connectivity index (χ4n) is 2.09. The van der Waals surface area contributed by atoms with Gasteiger partial charge in [0.05, 0.1) is 12.6 Å². The van der Waals surface area contributed by atoms with E-state index in [1.54, 1.807) is 10.9 Å². The number of nitrogens with one attached hydrogen (secondary N) is 1. The summed E-state index contributed by atoms with van der Waals surface area (Å²) in [4.78, 5) is 23.7. The van der Waals surface area contributed by atoms with Crippen molar-refractivity contribution < 1.29 is 14.3 Å². The predicted octanol–water partition coefficient (Wildman–Crippen LogP) is 1.35. The first-order valence-electron chi connectivity index (χ1n) is 6.80.